The highest BCUT2D eigenvalue weighted by atomic mass is 32.1. The Morgan fingerprint density at radius 1 is 1.23 bits per heavy atom. The minimum Gasteiger partial charge on any atom is -0.343 e. The number of carbonyl (C=O) groups excluding carboxylic acids is 1. The highest BCUT2D eigenvalue weighted by molar-refractivity contribution is 7.10. The largest absolute Gasteiger partial charge is 0.343 e. The van der Waals surface area contributed by atoms with E-state index in [1.807, 2.05) is 17.5 Å². The fourth-order valence-electron chi connectivity index (χ4n) is 3.57. The lowest BCUT2D eigenvalue weighted by Gasteiger charge is -2.19. The normalized spacial score (nSPS) is 12.2. The summed E-state index contributed by atoms with van der Waals surface area (Å²) in [6, 6.07) is 12.1. The molecule has 1 N–H and O–H groups in total. The monoisotopic (exact) mass is 435 g/mol. The molecule has 160 valence electrons. The number of aromatic nitrogens is 4. The summed E-state index contributed by atoms with van der Waals surface area (Å²) in [5, 5.41) is 9.55. The molecule has 0 bridgehead atoms. The maximum atomic E-state index is 12.9. The first kappa shape index (κ1) is 21.0. The van der Waals surface area contributed by atoms with Gasteiger partial charge in [-0.2, -0.15) is 5.10 Å². The summed E-state index contributed by atoms with van der Waals surface area (Å²) in [6.07, 6.45) is 6.25. The molecule has 4 aromatic rings. The number of nitrogens with one attached hydrogen (secondary N) is 1. The summed E-state index contributed by atoms with van der Waals surface area (Å²) in [7, 11) is 1.73. The highest BCUT2D eigenvalue weighted by Crippen LogP contribution is 2.26. The lowest BCUT2D eigenvalue weighted by Crippen LogP contribution is -2.35. The second kappa shape index (κ2) is 9.26. The lowest BCUT2D eigenvalue weighted by molar-refractivity contribution is -0.122. The van der Waals surface area contributed by atoms with E-state index in [0.717, 1.165) is 29.7 Å². The van der Waals surface area contributed by atoms with Crippen molar-refractivity contribution in [1.29, 1.82) is 0 Å². The van der Waals surface area contributed by atoms with Crippen LogP contribution < -0.4 is 10.9 Å². The second-order valence-corrected chi connectivity index (χ2v) is 8.52. The molecule has 1 atom stereocenters. The van der Waals surface area contributed by atoms with Crippen LogP contribution in [0.4, 0.5) is 0 Å². The molecule has 0 aliphatic carbocycles. The molecule has 0 aliphatic heterocycles. The number of hydrogen-bond donors (Lipinski definition) is 1. The van der Waals surface area contributed by atoms with E-state index in [1.54, 1.807) is 18.4 Å². The summed E-state index contributed by atoms with van der Waals surface area (Å²) in [5.74, 6) is -0.249. The smallest absolute Gasteiger partial charge is 0.264 e. The maximum Gasteiger partial charge on any atom is 0.264 e. The van der Waals surface area contributed by atoms with Gasteiger partial charge in [0, 0.05) is 11.9 Å². The predicted molar refractivity (Wildman–Crippen MR) is 122 cm³/mol. The zero-order chi connectivity index (χ0) is 21.8. The summed E-state index contributed by atoms with van der Waals surface area (Å²) in [6.45, 7) is 2.08. The fraction of sp³-hybridized carbons (Fsp3) is 0.304. The number of benzene rings is 1. The van der Waals surface area contributed by atoms with E-state index in [4.69, 9.17) is 0 Å². The van der Waals surface area contributed by atoms with Crippen molar-refractivity contribution in [2.45, 2.75) is 38.8 Å². The molecule has 0 spiro atoms. The minimum atomic E-state index is -0.277. The Labute approximate surface area is 184 Å². The van der Waals surface area contributed by atoms with Crippen LogP contribution in [0.2, 0.25) is 0 Å². The van der Waals surface area contributed by atoms with Crippen LogP contribution in [-0.2, 0) is 24.8 Å². The Bertz CT molecular complexity index is 1230. The Morgan fingerprint density at radius 3 is 2.74 bits per heavy atom. The van der Waals surface area contributed by atoms with E-state index in [1.165, 1.54) is 27.3 Å². The molecule has 0 fully saturated rings. The van der Waals surface area contributed by atoms with E-state index < -0.39 is 0 Å². The van der Waals surface area contributed by atoms with Crippen LogP contribution in [0.25, 0.3) is 11.0 Å². The molecule has 1 unspecified atom stereocenters. The van der Waals surface area contributed by atoms with Crippen LogP contribution in [0.1, 0.15) is 41.8 Å². The molecule has 0 aliphatic rings. The van der Waals surface area contributed by atoms with Gasteiger partial charge >= 0.3 is 0 Å². The van der Waals surface area contributed by atoms with Crippen molar-refractivity contribution in [1.82, 2.24) is 24.6 Å². The minimum absolute atomic E-state index is 0.104. The van der Waals surface area contributed by atoms with Crippen molar-refractivity contribution in [2.75, 3.05) is 0 Å². The topological polar surface area (TPSA) is 81.8 Å². The molecular formula is C23H25N5O2S. The standard InChI is InChI=1S/C23H25N5O2S/c1-3-4-6-16-8-10-17(11-9-16)21(19-7-5-12-31-19)26-20(29)14-28-15-24-22-18(23(28)30)13-25-27(22)2/h5,7-13,15,21H,3-4,6,14H2,1-2H3,(H,26,29). The molecule has 0 radical (unpaired) electrons. The zero-order valence-electron chi connectivity index (χ0n) is 17.6. The van der Waals surface area contributed by atoms with Crippen molar-refractivity contribution < 1.29 is 4.79 Å². The van der Waals surface area contributed by atoms with Crippen LogP contribution in [0.15, 0.2) is 59.1 Å². The van der Waals surface area contributed by atoms with Crippen molar-refractivity contribution in [3.05, 3.63) is 80.7 Å². The summed E-state index contributed by atoms with van der Waals surface area (Å²) in [5.41, 5.74) is 2.54. The van der Waals surface area contributed by atoms with Crippen LogP contribution in [0.3, 0.4) is 0 Å². The van der Waals surface area contributed by atoms with E-state index >= 15 is 0 Å². The van der Waals surface area contributed by atoms with Crippen LogP contribution in [-0.4, -0.2) is 25.2 Å². The molecular weight excluding hydrogens is 410 g/mol. The van der Waals surface area contributed by atoms with Gasteiger partial charge in [0.1, 0.15) is 18.3 Å². The molecule has 4 rings (SSSR count). The third kappa shape index (κ3) is 4.59. The van der Waals surface area contributed by atoms with Crippen molar-refractivity contribution in [3.8, 4) is 0 Å². The first-order chi connectivity index (χ1) is 15.1. The van der Waals surface area contributed by atoms with E-state index in [2.05, 4.69) is 46.6 Å². The Kier molecular flexibility index (Phi) is 6.27. The third-order valence-electron chi connectivity index (χ3n) is 5.30. The van der Waals surface area contributed by atoms with Crippen LogP contribution in [0, 0.1) is 0 Å². The molecule has 8 heteroatoms. The average molecular weight is 436 g/mol. The number of hydrogen-bond acceptors (Lipinski definition) is 5. The molecule has 3 aromatic heterocycles. The van der Waals surface area contributed by atoms with Gasteiger partial charge in [-0.3, -0.25) is 18.8 Å². The quantitative estimate of drug-likeness (QED) is 0.460. The number of thiophene rings is 1. The Hall–Kier alpha value is -3.26. The van der Waals surface area contributed by atoms with E-state index in [-0.39, 0.29) is 24.1 Å². The molecule has 1 amide bonds. The fourth-order valence-corrected chi connectivity index (χ4v) is 4.37. The van der Waals surface area contributed by atoms with Crippen molar-refractivity contribution >= 4 is 28.3 Å². The van der Waals surface area contributed by atoms with E-state index in [0.29, 0.717) is 11.0 Å². The van der Waals surface area contributed by atoms with Gasteiger partial charge < -0.3 is 5.32 Å². The number of unbranched alkanes of at least 4 members (excludes halogenated alkanes) is 1. The Morgan fingerprint density at radius 2 is 2.03 bits per heavy atom. The highest BCUT2D eigenvalue weighted by Gasteiger charge is 2.19. The van der Waals surface area contributed by atoms with E-state index in [9.17, 15) is 9.59 Å². The van der Waals surface area contributed by atoms with Gasteiger partial charge in [0.2, 0.25) is 5.91 Å². The molecule has 0 saturated carbocycles. The third-order valence-corrected chi connectivity index (χ3v) is 6.23. The summed E-state index contributed by atoms with van der Waals surface area (Å²) < 4.78 is 2.86. The number of nitrogens with zero attached hydrogens (tertiary/aromatic N) is 4. The van der Waals surface area contributed by atoms with Crippen molar-refractivity contribution in [3.63, 3.8) is 0 Å². The number of aryl methyl sites for hydroxylation is 2. The number of fused-ring (bicyclic) bond motifs is 1. The SMILES string of the molecule is CCCCc1ccc(C(NC(=O)Cn2cnc3c(cnn3C)c2=O)c2cccs2)cc1. The molecule has 31 heavy (non-hydrogen) atoms. The zero-order valence-corrected chi connectivity index (χ0v) is 18.4. The van der Waals surface area contributed by atoms with Crippen molar-refractivity contribution in [2.24, 2.45) is 7.05 Å². The van der Waals surface area contributed by atoms with Gasteiger partial charge in [-0.25, -0.2) is 4.98 Å². The second-order valence-electron chi connectivity index (χ2n) is 7.54. The van der Waals surface area contributed by atoms with Gasteiger partial charge in [-0.05, 0) is 35.4 Å². The first-order valence-corrected chi connectivity index (χ1v) is 11.2. The van der Waals surface area contributed by atoms with Gasteiger partial charge in [-0.15, -0.1) is 11.3 Å². The van der Waals surface area contributed by atoms with Gasteiger partial charge in [0.15, 0.2) is 5.65 Å². The molecule has 0 saturated heterocycles. The van der Waals surface area contributed by atoms with Crippen LogP contribution in [0.5, 0.6) is 0 Å². The van der Waals surface area contributed by atoms with Gasteiger partial charge in [0.05, 0.1) is 12.2 Å². The van der Waals surface area contributed by atoms with Crippen LogP contribution >= 0.6 is 11.3 Å². The molecule has 7 nitrogen and oxygen atoms in total. The first-order valence-electron chi connectivity index (χ1n) is 10.4. The summed E-state index contributed by atoms with van der Waals surface area (Å²) >= 11 is 1.59. The summed E-state index contributed by atoms with van der Waals surface area (Å²) in [4.78, 5) is 30.9. The predicted octanol–water partition coefficient (Wildman–Crippen LogP) is 3.44. The number of carbonyl (C=O) groups is 1. The van der Waals surface area contributed by atoms with Gasteiger partial charge in [0.25, 0.3) is 5.56 Å². The Balaban J connectivity index is 1.54. The average Bonchev–Trinajstić information content (AvgIpc) is 3.44. The van der Waals surface area contributed by atoms with Gasteiger partial charge in [-0.1, -0.05) is 43.7 Å². The molecule has 1 aromatic carbocycles. The lowest BCUT2D eigenvalue weighted by atomic mass is 10.0. The number of rotatable bonds is 8. The number of amides is 1. The maximum absolute atomic E-state index is 12.9. The molecule has 3 heterocycles.